The summed E-state index contributed by atoms with van der Waals surface area (Å²) in [6.07, 6.45) is 3.81. The summed E-state index contributed by atoms with van der Waals surface area (Å²) in [6.45, 7) is 3.88. The molecule has 1 saturated heterocycles. The van der Waals surface area contributed by atoms with Gasteiger partial charge in [0.15, 0.2) is 11.6 Å². The van der Waals surface area contributed by atoms with Crippen molar-refractivity contribution in [3.63, 3.8) is 0 Å². The minimum atomic E-state index is -1.39. The van der Waals surface area contributed by atoms with Crippen molar-refractivity contribution in [2.45, 2.75) is 37.5 Å². The lowest BCUT2D eigenvalue weighted by molar-refractivity contribution is -0.122. The molecule has 1 fully saturated rings. The van der Waals surface area contributed by atoms with Gasteiger partial charge in [0.05, 0.1) is 25.2 Å². The summed E-state index contributed by atoms with van der Waals surface area (Å²) < 4.78 is 11.3. The second-order valence-corrected chi connectivity index (χ2v) is 11.7. The van der Waals surface area contributed by atoms with Gasteiger partial charge in [-0.15, -0.1) is 0 Å². The number of carbonyl (C=O) groups is 3. The third-order valence-electron chi connectivity index (χ3n) is 8.99. The van der Waals surface area contributed by atoms with Crippen LogP contribution in [0.3, 0.4) is 0 Å². The molecular formula is C37H32N2O5. The monoisotopic (exact) mass is 584 g/mol. The fourth-order valence-electron chi connectivity index (χ4n) is 7.26. The zero-order valence-corrected chi connectivity index (χ0v) is 24.7. The fraction of sp³-hybridized carbons (Fsp3) is 0.216. The first kappa shape index (κ1) is 27.7. The number of benzene rings is 4. The zero-order chi connectivity index (χ0) is 30.6. The van der Waals surface area contributed by atoms with Crippen molar-refractivity contribution in [3.8, 4) is 11.5 Å². The fourth-order valence-corrected chi connectivity index (χ4v) is 7.26. The van der Waals surface area contributed by atoms with Crippen molar-refractivity contribution in [2.75, 3.05) is 12.4 Å². The summed E-state index contributed by atoms with van der Waals surface area (Å²) >= 11 is 0. The van der Waals surface area contributed by atoms with E-state index in [2.05, 4.69) is 5.32 Å². The molecule has 220 valence electrons. The predicted octanol–water partition coefficient (Wildman–Crippen LogP) is 6.46. The number of anilines is 1. The SMILES string of the molecule is COc1cccc(C(=O)[C@@H]2[C@H](C(=O)c3ccc(OC(C)C)cc3)N3C=Cc4ccccc4[C@H]3[C@]23C(=O)Nc2ccccc23)c1. The Bertz CT molecular complexity index is 1830. The van der Waals surface area contributed by atoms with Crippen LogP contribution in [0.1, 0.15) is 57.3 Å². The summed E-state index contributed by atoms with van der Waals surface area (Å²) in [5, 5.41) is 3.08. The molecule has 44 heavy (non-hydrogen) atoms. The first-order valence-electron chi connectivity index (χ1n) is 14.8. The number of hydrogen-bond donors (Lipinski definition) is 1. The standard InChI is InChI=1S/C37H32N2O5/c1-22(2)44-26-17-15-24(16-18-26)34(41)32-31(33(40)25-10-8-11-27(21-25)43-3)37(29-13-6-7-14-30(29)38-36(37)42)35-28-12-5-4-9-23(28)19-20-39(32)35/h4-22,31-32,35H,1-3H3,(H,38,42)/t31-,32+,35-,37+/m0/s1. The Labute approximate surface area is 256 Å². The van der Waals surface area contributed by atoms with Crippen molar-refractivity contribution in [1.29, 1.82) is 0 Å². The molecule has 0 bridgehead atoms. The van der Waals surface area contributed by atoms with Gasteiger partial charge in [0.2, 0.25) is 5.91 Å². The Hall–Kier alpha value is -5.17. The minimum Gasteiger partial charge on any atom is -0.497 e. The normalized spacial score (nSPS) is 22.8. The molecule has 7 nitrogen and oxygen atoms in total. The Morgan fingerprint density at radius 3 is 2.36 bits per heavy atom. The lowest BCUT2D eigenvalue weighted by Gasteiger charge is -2.38. The average molecular weight is 585 g/mol. The van der Waals surface area contributed by atoms with Gasteiger partial charge in [0.1, 0.15) is 23.0 Å². The molecule has 0 radical (unpaired) electrons. The molecule has 1 N–H and O–H groups in total. The van der Waals surface area contributed by atoms with Crippen LogP contribution in [0.25, 0.3) is 6.08 Å². The summed E-state index contributed by atoms with van der Waals surface area (Å²) in [6, 6.07) is 27.7. The molecule has 4 atom stereocenters. The van der Waals surface area contributed by atoms with Gasteiger partial charge in [-0.25, -0.2) is 0 Å². The Morgan fingerprint density at radius 1 is 0.841 bits per heavy atom. The van der Waals surface area contributed by atoms with Crippen LogP contribution in [-0.2, 0) is 10.2 Å². The highest BCUT2D eigenvalue weighted by Gasteiger charge is 2.70. The number of rotatable bonds is 7. The molecule has 0 saturated carbocycles. The Balaban J connectivity index is 1.48. The molecule has 1 amide bonds. The largest absolute Gasteiger partial charge is 0.497 e. The number of nitrogens with zero attached hydrogens (tertiary/aromatic N) is 1. The Morgan fingerprint density at radius 2 is 1.59 bits per heavy atom. The minimum absolute atomic E-state index is 0.0173. The number of ether oxygens (including phenoxy) is 2. The summed E-state index contributed by atoms with van der Waals surface area (Å²) in [5.74, 6) is -0.725. The number of ketones is 2. The van der Waals surface area contributed by atoms with Crippen LogP contribution in [0, 0.1) is 5.92 Å². The van der Waals surface area contributed by atoms with Crippen LogP contribution >= 0.6 is 0 Å². The van der Waals surface area contributed by atoms with Gasteiger partial charge in [-0.1, -0.05) is 54.6 Å². The molecule has 4 aromatic rings. The highest BCUT2D eigenvalue weighted by atomic mass is 16.5. The van der Waals surface area contributed by atoms with E-state index in [0.717, 1.165) is 11.1 Å². The molecule has 3 aliphatic heterocycles. The second kappa shape index (κ2) is 10.5. The number of methoxy groups -OCH3 is 1. The molecule has 4 aromatic carbocycles. The number of amides is 1. The van der Waals surface area contributed by atoms with Crippen molar-refractivity contribution in [3.05, 3.63) is 131 Å². The van der Waals surface area contributed by atoms with Gasteiger partial charge in [-0.05, 0) is 79.1 Å². The smallest absolute Gasteiger partial charge is 0.238 e. The molecule has 0 aliphatic carbocycles. The summed E-state index contributed by atoms with van der Waals surface area (Å²) in [5.41, 5.74) is 2.62. The number of fused-ring (bicyclic) bond motifs is 6. The molecule has 3 aliphatic rings. The van der Waals surface area contributed by atoms with Gasteiger partial charge in [-0.2, -0.15) is 0 Å². The lowest BCUT2D eigenvalue weighted by Crippen LogP contribution is -2.49. The van der Waals surface area contributed by atoms with E-state index in [1.807, 2.05) is 79.6 Å². The van der Waals surface area contributed by atoms with E-state index in [4.69, 9.17) is 9.47 Å². The molecular weight excluding hydrogens is 552 g/mol. The molecule has 1 spiro atoms. The Kier molecular flexibility index (Phi) is 6.61. The topological polar surface area (TPSA) is 84.9 Å². The molecule has 7 rings (SSSR count). The van der Waals surface area contributed by atoms with Crippen LogP contribution in [0.4, 0.5) is 5.69 Å². The van der Waals surface area contributed by atoms with Crippen molar-refractivity contribution >= 4 is 29.2 Å². The van der Waals surface area contributed by atoms with E-state index in [0.29, 0.717) is 33.9 Å². The average Bonchev–Trinajstić information content (AvgIpc) is 3.52. The maximum atomic E-state index is 15.0. The molecule has 0 unspecified atom stereocenters. The third-order valence-corrected chi connectivity index (χ3v) is 8.99. The first-order valence-corrected chi connectivity index (χ1v) is 14.8. The summed E-state index contributed by atoms with van der Waals surface area (Å²) in [7, 11) is 1.54. The van der Waals surface area contributed by atoms with Crippen LogP contribution < -0.4 is 14.8 Å². The molecule has 0 aromatic heterocycles. The zero-order valence-electron chi connectivity index (χ0n) is 24.7. The van der Waals surface area contributed by atoms with Gasteiger partial charge >= 0.3 is 0 Å². The first-order chi connectivity index (χ1) is 21.3. The third kappa shape index (κ3) is 4.07. The van der Waals surface area contributed by atoms with Crippen molar-refractivity contribution < 1.29 is 23.9 Å². The molecule has 3 heterocycles. The quantitative estimate of drug-likeness (QED) is 0.251. The van der Waals surface area contributed by atoms with Crippen LogP contribution in [0.2, 0.25) is 0 Å². The van der Waals surface area contributed by atoms with E-state index < -0.39 is 23.4 Å². The lowest BCUT2D eigenvalue weighted by atomic mass is 9.62. The van der Waals surface area contributed by atoms with E-state index in [1.54, 1.807) is 55.6 Å². The van der Waals surface area contributed by atoms with Crippen molar-refractivity contribution in [1.82, 2.24) is 4.90 Å². The van der Waals surface area contributed by atoms with E-state index in [1.165, 1.54) is 0 Å². The number of Topliss-reactive ketones (excluding diaryl/α,β-unsaturated/α-hetero) is 2. The van der Waals surface area contributed by atoms with E-state index in [9.17, 15) is 14.4 Å². The maximum absolute atomic E-state index is 15.0. The van der Waals surface area contributed by atoms with E-state index in [-0.39, 0.29) is 23.6 Å². The second-order valence-electron chi connectivity index (χ2n) is 11.7. The summed E-state index contributed by atoms with van der Waals surface area (Å²) in [4.78, 5) is 46.2. The van der Waals surface area contributed by atoms with Crippen LogP contribution in [-0.4, -0.2) is 41.6 Å². The van der Waals surface area contributed by atoms with Gasteiger partial charge < -0.3 is 19.7 Å². The highest BCUT2D eigenvalue weighted by Crippen LogP contribution is 2.62. The van der Waals surface area contributed by atoms with Gasteiger partial charge in [0, 0.05) is 23.0 Å². The van der Waals surface area contributed by atoms with Crippen LogP contribution in [0.15, 0.2) is 103 Å². The predicted molar refractivity (Wildman–Crippen MR) is 168 cm³/mol. The van der Waals surface area contributed by atoms with Gasteiger partial charge in [0.25, 0.3) is 0 Å². The van der Waals surface area contributed by atoms with Crippen LogP contribution in [0.5, 0.6) is 11.5 Å². The molecule has 7 heteroatoms. The van der Waals surface area contributed by atoms with E-state index >= 15 is 0 Å². The van der Waals surface area contributed by atoms with Crippen molar-refractivity contribution in [2.24, 2.45) is 5.92 Å². The number of para-hydroxylation sites is 1. The number of nitrogens with one attached hydrogen (secondary N) is 1. The number of hydrogen-bond acceptors (Lipinski definition) is 6. The van der Waals surface area contributed by atoms with Gasteiger partial charge in [-0.3, -0.25) is 14.4 Å². The maximum Gasteiger partial charge on any atom is 0.238 e. The highest BCUT2D eigenvalue weighted by molar-refractivity contribution is 6.16. The number of carbonyl (C=O) groups excluding carboxylic acids is 3.